The third-order valence-corrected chi connectivity index (χ3v) is 7.11. The van der Waals surface area contributed by atoms with E-state index in [4.69, 9.17) is 5.73 Å². The largest absolute Gasteiger partial charge is 0.394 e. The molecule has 1 aromatic carbocycles. The van der Waals surface area contributed by atoms with Crippen LogP contribution in [-0.2, 0) is 0 Å². The number of nitriles is 1. The van der Waals surface area contributed by atoms with Gasteiger partial charge in [-0.15, -0.1) is 10.2 Å². The summed E-state index contributed by atoms with van der Waals surface area (Å²) in [5.41, 5.74) is 9.55. The van der Waals surface area contributed by atoms with Crippen LogP contribution in [0.2, 0.25) is 0 Å². The number of nitrogens with zero attached hydrogens (tertiary/aromatic N) is 5. The molecule has 184 valence electrons. The van der Waals surface area contributed by atoms with Crippen LogP contribution in [0, 0.1) is 18.3 Å². The quantitative estimate of drug-likeness (QED) is 0.555. The highest BCUT2D eigenvalue weighted by Crippen LogP contribution is 2.24. The predicted octanol–water partition coefficient (Wildman–Crippen LogP) is 1.53. The normalized spacial score (nSPS) is 20.1. The van der Waals surface area contributed by atoms with Crippen LogP contribution in [0.15, 0.2) is 30.5 Å². The highest BCUT2D eigenvalue weighted by atomic mass is 16.3. The number of likely N-dealkylation sites (tertiary alicyclic amines) is 1. The molecule has 2 aromatic rings. The van der Waals surface area contributed by atoms with Crippen LogP contribution < -0.4 is 26.4 Å². The van der Waals surface area contributed by atoms with E-state index in [-0.39, 0.29) is 24.7 Å². The van der Waals surface area contributed by atoms with Gasteiger partial charge in [0, 0.05) is 41.8 Å². The lowest BCUT2D eigenvalue weighted by atomic mass is 9.98. The van der Waals surface area contributed by atoms with Gasteiger partial charge in [0.25, 0.3) is 0 Å². The summed E-state index contributed by atoms with van der Waals surface area (Å²) in [6.45, 7) is 12.9. The van der Waals surface area contributed by atoms with Crippen molar-refractivity contribution in [2.45, 2.75) is 51.7 Å². The van der Waals surface area contributed by atoms with Gasteiger partial charge in [0.05, 0.1) is 30.3 Å². The molecule has 8 nitrogen and oxygen atoms in total. The molecule has 35 heavy (non-hydrogen) atoms. The smallest absolute Gasteiger partial charge is 0.159 e. The monoisotopic (exact) mass is 473 g/mol. The van der Waals surface area contributed by atoms with E-state index >= 15 is 0 Å². The van der Waals surface area contributed by atoms with Crippen molar-refractivity contribution in [3.8, 4) is 6.07 Å². The van der Waals surface area contributed by atoms with Gasteiger partial charge < -0.3 is 26.0 Å². The predicted molar refractivity (Wildman–Crippen MR) is 140 cm³/mol. The van der Waals surface area contributed by atoms with Crippen molar-refractivity contribution in [1.29, 1.82) is 5.26 Å². The average Bonchev–Trinajstić information content (AvgIpc) is 3.32. The van der Waals surface area contributed by atoms with Crippen molar-refractivity contribution in [1.82, 2.24) is 15.1 Å². The molecule has 4 N–H and O–H groups in total. The molecule has 3 heterocycles. The summed E-state index contributed by atoms with van der Waals surface area (Å²) < 4.78 is 0. The first-order valence-electron chi connectivity index (χ1n) is 12.3. The summed E-state index contributed by atoms with van der Waals surface area (Å²) in [6.07, 6.45) is 6.10. The van der Waals surface area contributed by atoms with Gasteiger partial charge in [-0.05, 0) is 56.9 Å². The van der Waals surface area contributed by atoms with Crippen LogP contribution in [0.3, 0.4) is 0 Å². The zero-order valence-corrected chi connectivity index (χ0v) is 20.8. The molecule has 0 bridgehead atoms. The van der Waals surface area contributed by atoms with E-state index in [0.717, 1.165) is 65.6 Å². The SMILES string of the molecule is C=C(/C=c1/c(N[C@H](C)c2cccc(C#N)c2C)nnc(N2CC(N)C2)/c1=C/C)N1CCC[C@@H]1CO. The number of hydrogen-bond acceptors (Lipinski definition) is 8. The number of aliphatic hydroxyl groups is 1. The molecule has 4 rings (SSSR count). The molecule has 8 heteroatoms. The summed E-state index contributed by atoms with van der Waals surface area (Å²) in [5, 5.41) is 33.9. The summed E-state index contributed by atoms with van der Waals surface area (Å²) in [4.78, 5) is 4.32. The van der Waals surface area contributed by atoms with Gasteiger partial charge in [0.15, 0.2) is 11.6 Å². The zero-order chi connectivity index (χ0) is 25.1. The van der Waals surface area contributed by atoms with Gasteiger partial charge in [0.2, 0.25) is 0 Å². The van der Waals surface area contributed by atoms with Crippen LogP contribution in [-0.4, -0.2) is 58.5 Å². The first-order valence-corrected chi connectivity index (χ1v) is 12.3. The maximum atomic E-state index is 9.82. The number of nitrogens with one attached hydrogen (secondary N) is 1. The Hall–Kier alpha value is -3.41. The van der Waals surface area contributed by atoms with E-state index in [2.05, 4.69) is 57.0 Å². The molecule has 0 aliphatic carbocycles. The third-order valence-electron chi connectivity index (χ3n) is 7.11. The Labute approximate surface area is 207 Å². The highest BCUT2D eigenvalue weighted by molar-refractivity contribution is 5.59. The number of allylic oxidation sites excluding steroid dienone is 1. The first-order chi connectivity index (χ1) is 16.9. The van der Waals surface area contributed by atoms with Crippen LogP contribution in [0.1, 0.15) is 49.4 Å². The molecule has 0 spiro atoms. The molecule has 2 atom stereocenters. The topological polar surface area (TPSA) is 114 Å². The summed E-state index contributed by atoms with van der Waals surface area (Å²) in [6, 6.07) is 8.17. The second-order valence-corrected chi connectivity index (χ2v) is 9.46. The highest BCUT2D eigenvalue weighted by Gasteiger charge is 2.27. The second kappa shape index (κ2) is 10.5. The molecule has 0 radical (unpaired) electrons. The van der Waals surface area contributed by atoms with Gasteiger partial charge in [0.1, 0.15) is 0 Å². The van der Waals surface area contributed by atoms with E-state index in [1.54, 1.807) is 0 Å². The molecule has 2 aliphatic heterocycles. The van der Waals surface area contributed by atoms with Crippen molar-refractivity contribution in [3.05, 3.63) is 57.6 Å². The average molecular weight is 474 g/mol. The van der Waals surface area contributed by atoms with E-state index in [0.29, 0.717) is 11.4 Å². The number of anilines is 2. The van der Waals surface area contributed by atoms with Crippen LogP contribution in [0.4, 0.5) is 11.6 Å². The lowest BCUT2D eigenvalue weighted by Gasteiger charge is -2.37. The maximum Gasteiger partial charge on any atom is 0.159 e. The Morgan fingerprint density at radius 3 is 2.80 bits per heavy atom. The van der Waals surface area contributed by atoms with E-state index in [1.807, 2.05) is 32.0 Å². The van der Waals surface area contributed by atoms with E-state index in [9.17, 15) is 10.4 Å². The van der Waals surface area contributed by atoms with Crippen molar-refractivity contribution in [2.75, 3.05) is 36.5 Å². The van der Waals surface area contributed by atoms with Gasteiger partial charge >= 0.3 is 0 Å². The molecule has 2 saturated heterocycles. The fourth-order valence-corrected chi connectivity index (χ4v) is 5.09. The van der Waals surface area contributed by atoms with Crippen LogP contribution in [0.25, 0.3) is 12.2 Å². The van der Waals surface area contributed by atoms with Gasteiger partial charge in [-0.1, -0.05) is 24.8 Å². The molecule has 0 amide bonds. The molecule has 2 fully saturated rings. The number of nitrogens with two attached hydrogens (primary N) is 1. The van der Waals surface area contributed by atoms with Crippen molar-refractivity contribution < 1.29 is 5.11 Å². The minimum atomic E-state index is -0.0945. The Morgan fingerprint density at radius 1 is 1.37 bits per heavy atom. The van der Waals surface area contributed by atoms with Gasteiger partial charge in [-0.3, -0.25) is 0 Å². The van der Waals surface area contributed by atoms with Gasteiger partial charge in [-0.25, -0.2) is 0 Å². The summed E-state index contributed by atoms with van der Waals surface area (Å²) in [7, 11) is 0. The van der Waals surface area contributed by atoms with Crippen LogP contribution in [0.5, 0.6) is 0 Å². The minimum Gasteiger partial charge on any atom is -0.394 e. The zero-order valence-electron chi connectivity index (χ0n) is 20.8. The Morgan fingerprint density at radius 2 is 2.14 bits per heavy atom. The number of aromatic nitrogens is 2. The fraction of sp³-hybridized carbons (Fsp3) is 0.444. The Balaban J connectivity index is 1.78. The molecular formula is C27H35N7O. The van der Waals surface area contributed by atoms with Gasteiger partial charge in [-0.2, -0.15) is 5.26 Å². The van der Waals surface area contributed by atoms with Crippen molar-refractivity contribution >= 4 is 23.8 Å². The summed E-state index contributed by atoms with van der Waals surface area (Å²) in [5.74, 6) is 1.47. The Bertz CT molecular complexity index is 1260. The van der Waals surface area contributed by atoms with E-state index in [1.165, 1.54) is 0 Å². The fourth-order valence-electron chi connectivity index (χ4n) is 5.09. The van der Waals surface area contributed by atoms with Crippen molar-refractivity contribution in [2.24, 2.45) is 5.73 Å². The molecule has 0 unspecified atom stereocenters. The number of hydrogen-bond donors (Lipinski definition) is 3. The molecule has 2 aliphatic rings. The van der Waals surface area contributed by atoms with E-state index < -0.39 is 0 Å². The van der Waals surface area contributed by atoms with Crippen LogP contribution >= 0.6 is 0 Å². The Kier molecular flexibility index (Phi) is 7.39. The molecule has 0 saturated carbocycles. The number of aliphatic hydroxyl groups excluding tert-OH is 1. The minimum absolute atomic E-state index is 0.0853. The second-order valence-electron chi connectivity index (χ2n) is 9.46. The third kappa shape index (κ3) is 4.88. The molecule has 1 aromatic heterocycles. The first kappa shape index (κ1) is 24.7. The lowest BCUT2D eigenvalue weighted by Crippen LogP contribution is -2.58. The number of benzene rings is 1. The standard InChI is InChI=1S/C27H35N7O/c1-5-23-25(12-17(2)34-11-7-9-22(34)16-35)26(31-32-27(23)33-14-21(29)15-33)30-19(4)24-10-6-8-20(13-28)18(24)3/h5-6,8,10,12,19,21-22,35H,2,7,9,11,14-16,29H2,1,3-4H3,(H,30,31)/b23-5+,25-12+/t19-,22-/m1/s1. The van der Waals surface area contributed by atoms with Crippen molar-refractivity contribution in [3.63, 3.8) is 0 Å². The lowest BCUT2D eigenvalue weighted by molar-refractivity contribution is 0.191. The maximum absolute atomic E-state index is 9.82. The number of rotatable bonds is 7. The molecular weight excluding hydrogens is 438 g/mol. The summed E-state index contributed by atoms with van der Waals surface area (Å²) >= 11 is 0.